The molecule has 1 saturated heterocycles. The number of carbonyl (C=O) groups excluding carboxylic acids is 1. The van der Waals surface area contributed by atoms with Gasteiger partial charge >= 0.3 is 0 Å². The van der Waals surface area contributed by atoms with Crippen LogP contribution in [0.25, 0.3) is 10.2 Å². The Labute approximate surface area is 140 Å². The van der Waals surface area contributed by atoms with E-state index in [1.54, 1.807) is 11.3 Å². The van der Waals surface area contributed by atoms with E-state index in [2.05, 4.69) is 10.3 Å². The lowest BCUT2D eigenvalue weighted by atomic mass is 10.0. The van der Waals surface area contributed by atoms with E-state index in [1.807, 2.05) is 24.3 Å². The Balaban J connectivity index is 1.43. The smallest absolute Gasteiger partial charge is 0.220 e. The highest BCUT2D eigenvalue weighted by Gasteiger charge is 2.23. The van der Waals surface area contributed by atoms with Gasteiger partial charge in [0.25, 0.3) is 0 Å². The molecule has 23 heavy (non-hydrogen) atoms. The van der Waals surface area contributed by atoms with Gasteiger partial charge in [-0.15, -0.1) is 11.3 Å². The van der Waals surface area contributed by atoms with E-state index in [0.29, 0.717) is 32.2 Å². The first kappa shape index (κ1) is 16.4. The SMILES string of the molecule is O=C(CCc1nc2ccccc2s1)NCC1CCS(=O)(=O)CC1. The highest BCUT2D eigenvalue weighted by molar-refractivity contribution is 7.91. The van der Waals surface area contributed by atoms with E-state index >= 15 is 0 Å². The molecule has 124 valence electrons. The summed E-state index contributed by atoms with van der Waals surface area (Å²) in [5.74, 6) is 0.793. The van der Waals surface area contributed by atoms with Crippen molar-refractivity contribution < 1.29 is 13.2 Å². The van der Waals surface area contributed by atoms with Gasteiger partial charge in [0.1, 0.15) is 9.84 Å². The van der Waals surface area contributed by atoms with Crippen molar-refractivity contribution in [2.45, 2.75) is 25.7 Å². The second-order valence-electron chi connectivity index (χ2n) is 5.97. The lowest BCUT2D eigenvalue weighted by Crippen LogP contribution is -2.34. The van der Waals surface area contributed by atoms with Crippen LogP contribution >= 0.6 is 11.3 Å². The minimum Gasteiger partial charge on any atom is -0.356 e. The molecule has 0 aliphatic carbocycles. The van der Waals surface area contributed by atoms with Gasteiger partial charge in [-0.25, -0.2) is 13.4 Å². The second-order valence-corrected chi connectivity index (χ2v) is 9.39. The van der Waals surface area contributed by atoms with E-state index in [9.17, 15) is 13.2 Å². The van der Waals surface area contributed by atoms with Crippen LogP contribution in [0.1, 0.15) is 24.3 Å². The third-order valence-electron chi connectivity index (χ3n) is 4.17. The maximum Gasteiger partial charge on any atom is 0.220 e. The average molecular weight is 352 g/mol. The van der Waals surface area contributed by atoms with Gasteiger partial charge in [-0.3, -0.25) is 4.79 Å². The molecule has 0 radical (unpaired) electrons. The molecule has 1 aromatic carbocycles. The molecule has 0 saturated carbocycles. The normalized spacial score (nSPS) is 18.1. The Morgan fingerprint density at radius 1 is 1.26 bits per heavy atom. The van der Waals surface area contributed by atoms with Gasteiger partial charge in [0.2, 0.25) is 5.91 Å². The fourth-order valence-electron chi connectivity index (χ4n) is 2.74. The number of nitrogens with one attached hydrogen (secondary N) is 1. The molecule has 5 nitrogen and oxygen atoms in total. The third kappa shape index (κ3) is 4.51. The number of carbonyl (C=O) groups is 1. The molecule has 1 aliphatic rings. The van der Waals surface area contributed by atoms with Crippen LogP contribution in [-0.2, 0) is 21.1 Å². The number of aryl methyl sites for hydroxylation is 1. The van der Waals surface area contributed by atoms with Gasteiger partial charge in [0.05, 0.1) is 26.7 Å². The lowest BCUT2D eigenvalue weighted by molar-refractivity contribution is -0.121. The van der Waals surface area contributed by atoms with Crippen LogP contribution in [0.3, 0.4) is 0 Å². The third-order valence-corrected chi connectivity index (χ3v) is 6.98. The Kier molecular flexibility index (Phi) is 4.96. The highest BCUT2D eigenvalue weighted by Crippen LogP contribution is 2.22. The molecule has 2 heterocycles. The molecular formula is C16H20N2O3S2. The predicted octanol–water partition coefficient (Wildman–Crippen LogP) is 2.17. The molecule has 1 amide bonds. The molecular weight excluding hydrogens is 332 g/mol. The molecule has 7 heteroatoms. The number of thiazole rings is 1. The van der Waals surface area contributed by atoms with Crippen molar-refractivity contribution in [2.24, 2.45) is 5.92 Å². The van der Waals surface area contributed by atoms with E-state index in [1.165, 1.54) is 0 Å². The summed E-state index contributed by atoms with van der Waals surface area (Å²) < 4.78 is 23.9. The van der Waals surface area contributed by atoms with Gasteiger partial charge < -0.3 is 5.32 Å². The Bertz CT molecular complexity index is 752. The molecule has 1 aromatic heterocycles. The number of para-hydroxylation sites is 1. The summed E-state index contributed by atoms with van der Waals surface area (Å²) in [6.45, 7) is 0.578. The van der Waals surface area contributed by atoms with Crippen molar-refractivity contribution in [3.05, 3.63) is 29.3 Å². The molecule has 1 aliphatic heterocycles. The molecule has 3 rings (SSSR count). The molecule has 1 N–H and O–H groups in total. The summed E-state index contributed by atoms with van der Waals surface area (Å²) in [4.78, 5) is 16.5. The summed E-state index contributed by atoms with van der Waals surface area (Å²) >= 11 is 1.63. The summed E-state index contributed by atoms with van der Waals surface area (Å²) in [6.07, 6.45) is 2.37. The van der Waals surface area contributed by atoms with E-state index in [0.717, 1.165) is 15.2 Å². The maximum atomic E-state index is 11.9. The first-order valence-corrected chi connectivity index (χ1v) is 10.5. The quantitative estimate of drug-likeness (QED) is 0.895. The van der Waals surface area contributed by atoms with Crippen LogP contribution < -0.4 is 5.32 Å². The standard InChI is InChI=1S/C16H20N2O3S2/c19-15(17-11-12-7-9-23(20,21)10-8-12)5-6-16-18-13-3-1-2-4-14(13)22-16/h1-4,12H,5-11H2,(H,17,19). The van der Waals surface area contributed by atoms with Crippen molar-refractivity contribution in [2.75, 3.05) is 18.1 Å². The zero-order valence-electron chi connectivity index (χ0n) is 12.8. The summed E-state index contributed by atoms with van der Waals surface area (Å²) in [7, 11) is -2.83. The minimum absolute atomic E-state index is 0.0117. The number of amides is 1. The maximum absolute atomic E-state index is 11.9. The monoisotopic (exact) mass is 352 g/mol. The van der Waals surface area contributed by atoms with Gasteiger partial charge in [0.15, 0.2) is 0 Å². The van der Waals surface area contributed by atoms with Crippen LogP contribution in [0.4, 0.5) is 0 Å². The largest absolute Gasteiger partial charge is 0.356 e. The Hall–Kier alpha value is -1.47. The van der Waals surface area contributed by atoms with Gasteiger partial charge in [-0.1, -0.05) is 12.1 Å². The van der Waals surface area contributed by atoms with Crippen molar-refractivity contribution in [1.29, 1.82) is 0 Å². The number of nitrogens with zero attached hydrogens (tertiary/aromatic N) is 1. The van der Waals surface area contributed by atoms with E-state index < -0.39 is 9.84 Å². The predicted molar refractivity (Wildman–Crippen MR) is 92.3 cm³/mol. The summed E-state index contributed by atoms with van der Waals surface area (Å²) in [6, 6.07) is 7.96. The number of rotatable bonds is 5. The first-order chi connectivity index (χ1) is 11.0. The van der Waals surface area contributed by atoms with Crippen LogP contribution in [0, 0.1) is 5.92 Å². The molecule has 0 atom stereocenters. The average Bonchev–Trinajstić information content (AvgIpc) is 2.95. The number of benzene rings is 1. The molecule has 1 fully saturated rings. The van der Waals surface area contributed by atoms with Crippen molar-refractivity contribution >= 4 is 37.3 Å². The summed E-state index contributed by atoms with van der Waals surface area (Å²) in [5, 5.41) is 3.90. The van der Waals surface area contributed by atoms with Crippen molar-refractivity contribution in [1.82, 2.24) is 10.3 Å². The van der Waals surface area contributed by atoms with Gasteiger partial charge in [-0.2, -0.15) is 0 Å². The van der Waals surface area contributed by atoms with Crippen molar-refractivity contribution in [3.63, 3.8) is 0 Å². The Morgan fingerprint density at radius 2 is 2.00 bits per heavy atom. The number of hydrogen-bond donors (Lipinski definition) is 1. The highest BCUT2D eigenvalue weighted by atomic mass is 32.2. The van der Waals surface area contributed by atoms with Crippen LogP contribution in [0.2, 0.25) is 0 Å². The number of aromatic nitrogens is 1. The minimum atomic E-state index is -2.83. The molecule has 0 spiro atoms. The molecule has 0 bridgehead atoms. The zero-order valence-corrected chi connectivity index (χ0v) is 14.5. The fourth-order valence-corrected chi connectivity index (χ4v) is 5.29. The van der Waals surface area contributed by atoms with E-state index in [-0.39, 0.29) is 23.3 Å². The number of fused-ring (bicyclic) bond motifs is 1. The lowest BCUT2D eigenvalue weighted by Gasteiger charge is -2.22. The van der Waals surface area contributed by atoms with Gasteiger partial charge in [-0.05, 0) is 30.9 Å². The van der Waals surface area contributed by atoms with Crippen LogP contribution in [0.15, 0.2) is 24.3 Å². The second kappa shape index (κ2) is 6.97. The summed E-state index contributed by atoms with van der Waals surface area (Å²) in [5.41, 5.74) is 0.983. The molecule has 2 aromatic rings. The number of sulfone groups is 1. The molecule has 0 unspecified atom stereocenters. The zero-order chi connectivity index (χ0) is 16.3. The first-order valence-electron chi connectivity index (χ1n) is 7.83. The van der Waals surface area contributed by atoms with Gasteiger partial charge in [0, 0.05) is 19.4 Å². The van der Waals surface area contributed by atoms with Crippen LogP contribution in [0.5, 0.6) is 0 Å². The van der Waals surface area contributed by atoms with Crippen LogP contribution in [-0.4, -0.2) is 37.4 Å². The van der Waals surface area contributed by atoms with E-state index in [4.69, 9.17) is 0 Å². The Morgan fingerprint density at radius 3 is 2.74 bits per heavy atom. The topological polar surface area (TPSA) is 76.1 Å². The number of hydrogen-bond acceptors (Lipinski definition) is 5. The fraction of sp³-hybridized carbons (Fsp3) is 0.500. The van der Waals surface area contributed by atoms with Crippen molar-refractivity contribution in [3.8, 4) is 0 Å².